The zero-order valence-corrected chi connectivity index (χ0v) is 13.8. The van der Waals surface area contributed by atoms with E-state index < -0.39 is 17.7 Å². The van der Waals surface area contributed by atoms with Crippen molar-refractivity contribution in [3.63, 3.8) is 0 Å². The van der Waals surface area contributed by atoms with E-state index in [0.29, 0.717) is 16.9 Å². The van der Waals surface area contributed by atoms with E-state index in [2.05, 4.69) is 10.1 Å². The van der Waals surface area contributed by atoms with Crippen molar-refractivity contribution in [3.05, 3.63) is 59.9 Å². The molecule has 0 spiro atoms. The number of nitrogens with zero attached hydrogens (tertiary/aromatic N) is 1. The van der Waals surface area contributed by atoms with Crippen LogP contribution in [0.4, 0.5) is 15.8 Å². The highest BCUT2D eigenvalue weighted by Crippen LogP contribution is 2.16. The minimum atomic E-state index is -0.475. The number of nitrogens with one attached hydrogen (secondary N) is 1. The Kier molecular flexibility index (Phi) is 5.84. The fourth-order valence-electron chi connectivity index (χ4n) is 2.16. The third-order valence-corrected chi connectivity index (χ3v) is 3.41. The van der Waals surface area contributed by atoms with Crippen molar-refractivity contribution in [2.24, 2.45) is 0 Å². The summed E-state index contributed by atoms with van der Waals surface area (Å²) in [7, 11) is 1.28. The van der Waals surface area contributed by atoms with Crippen LogP contribution in [0.25, 0.3) is 0 Å². The number of benzene rings is 2. The molecule has 0 saturated carbocycles. The van der Waals surface area contributed by atoms with Gasteiger partial charge in [0.1, 0.15) is 12.4 Å². The fraction of sp³-hybridized carbons (Fsp3) is 0.167. The Balaban J connectivity index is 2.05. The lowest BCUT2D eigenvalue weighted by Gasteiger charge is -2.20. The van der Waals surface area contributed by atoms with Crippen molar-refractivity contribution in [1.29, 1.82) is 0 Å². The maximum Gasteiger partial charge on any atom is 0.337 e. The van der Waals surface area contributed by atoms with E-state index in [0.717, 1.165) is 0 Å². The lowest BCUT2D eigenvalue weighted by atomic mass is 10.2. The number of anilines is 2. The molecule has 0 unspecified atom stereocenters. The Morgan fingerprint density at radius 3 is 2.16 bits per heavy atom. The van der Waals surface area contributed by atoms with Crippen molar-refractivity contribution in [3.8, 4) is 0 Å². The van der Waals surface area contributed by atoms with E-state index in [1.165, 1.54) is 55.3 Å². The number of hydrogen-bond acceptors (Lipinski definition) is 4. The fourth-order valence-corrected chi connectivity index (χ4v) is 2.16. The average molecular weight is 344 g/mol. The highest BCUT2D eigenvalue weighted by Gasteiger charge is 2.16. The van der Waals surface area contributed by atoms with Crippen LogP contribution in [-0.2, 0) is 14.3 Å². The number of methoxy groups -OCH3 is 1. The molecule has 2 aromatic rings. The average Bonchev–Trinajstić information content (AvgIpc) is 2.60. The van der Waals surface area contributed by atoms with Crippen LogP contribution in [0.15, 0.2) is 48.5 Å². The molecule has 7 heteroatoms. The monoisotopic (exact) mass is 344 g/mol. The van der Waals surface area contributed by atoms with Crippen molar-refractivity contribution < 1.29 is 23.5 Å². The van der Waals surface area contributed by atoms with Gasteiger partial charge in [-0.15, -0.1) is 0 Å². The predicted molar refractivity (Wildman–Crippen MR) is 90.8 cm³/mol. The molecule has 6 nitrogen and oxygen atoms in total. The number of hydrogen-bond donors (Lipinski definition) is 1. The third kappa shape index (κ3) is 4.87. The zero-order chi connectivity index (χ0) is 18.4. The van der Waals surface area contributed by atoms with Crippen molar-refractivity contribution >= 4 is 29.2 Å². The summed E-state index contributed by atoms with van der Waals surface area (Å²) in [6.07, 6.45) is 0. The molecule has 1 N–H and O–H groups in total. The molecule has 0 heterocycles. The van der Waals surface area contributed by atoms with E-state index in [9.17, 15) is 18.8 Å². The standard InChI is InChI=1S/C18H17FN2O4/c1-12(22)21(16-9-5-14(19)6-10-16)11-17(23)20-15-7-3-13(4-8-15)18(24)25-2/h3-10H,11H2,1-2H3,(H,20,23). The van der Waals surface area contributed by atoms with Crippen LogP contribution in [0.3, 0.4) is 0 Å². The largest absolute Gasteiger partial charge is 0.465 e. The van der Waals surface area contributed by atoms with Gasteiger partial charge < -0.3 is 15.0 Å². The molecule has 0 fully saturated rings. The quantitative estimate of drug-likeness (QED) is 0.846. The molecule has 130 valence electrons. The van der Waals surface area contributed by atoms with Gasteiger partial charge >= 0.3 is 5.97 Å². The second kappa shape index (κ2) is 8.05. The zero-order valence-electron chi connectivity index (χ0n) is 13.8. The topological polar surface area (TPSA) is 75.7 Å². The summed E-state index contributed by atoms with van der Waals surface area (Å²) in [5.41, 5.74) is 1.25. The summed E-state index contributed by atoms with van der Waals surface area (Å²) in [6.45, 7) is 1.10. The molecule has 0 aliphatic rings. The van der Waals surface area contributed by atoms with Crippen molar-refractivity contribution in [2.45, 2.75) is 6.92 Å². The number of halogens is 1. The Morgan fingerprint density at radius 1 is 1.04 bits per heavy atom. The summed E-state index contributed by atoms with van der Waals surface area (Å²) in [6, 6.07) is 11.4. The van der Waals surface area contributed by atoms with Gasteiger partial charge in [0.05, 0.1) is 12.7 Å². The Hall–Kier alpha value is -3.22. The number of esters is 1. The highest BCUT2D eigenvalue weighted by molar-refractivity contribution is 6.02. The van der Waals surface area contributed by atoms with Gasteiger partial charge in [-0.05, 0) is 48.5 Å². The van der Waals surface area contributed by atoms with Crippen LogP contribution < -0.4 is 10.2 Å². The van der Waals surface area contributed by atoms with Crippen LogP contribution in [0, 0.1) is 5.82 Å². The molecule has 0 aromatic heterocycles. The van der Waals surface area contributed by atoms with Crippen LogP contribution >= 0.6 is 0 Å². The summed E-state index contributed by atoms with van der Waals surface area (Å²) in [4.78, 5) is 36.5. The van der Waals surface area contributed by atoms with E-state index in [1.807, 2.05) is 0 Å². The molecular formula is C18H17FN2O4. The first kappa shape index (κ1) is 18.1. The lowest BCUT2D eigenvalue weighted by Crippen LogP contribution is -2.36. The van der Waals surface area contributed by atoms with Crippen molar-refractivity contribution in [2.75, 3.05) is 23.9 Å². The molecule has 0 bridgehead atoms. The predicted octanol–water partition coefficient (Wildman–Crippen LogP) is 2.60. The first-order valence-corrected chi connectivity index (χ1v) is 7.42. The second-order valence-electron chi connectivity index (χ2n) is 5.20. The van der Waals surface area contributed by atoms with E-state index in [4.69, 9.17) is 0 Å². The third-order valence-electron chi connectivity index (χ3n) is 3.41. The van der Waals surface area contributed by atoms with Gasteiger partial charge in [0, 0.05) is 18.3 Å². The summed E-state index contributed by atoms with van der Waals surface area (Å²) >= 11 is 0. The molecule has 2 amide bonds. The Morgan fingerprint density at radius 2 is 1.64 bits per heavy atom. The van der Waals surface area contributed by atoms with E-state index in [1.54, 1.807) is 12.1 Å². The van der Waals surface area contributed by atoms with Crippen LogP contribution in [-0.4, -0.2) is 31.4 Å². The summed E-state index contributed by atoms with van der Waals surface area (Å²) in [5.74, 6) is -1.67. The number of ether oxygens (including phenoxy) is 1. The van der Waals surface area contributed by atoms with Crippen molar-refractivity contribution in [1.82, 2.24) is 0 Å². The maximum absolute atomic E-state index is 13.0. The van der Waals surface area contributed by atoms with E-state index >= 15 is 0 Å². The first-order chi connectivity index (χ1) is 11.9. The van der Waals surface area contributed by atoms with Crippen LogP contribution in [0.2, 0.25) is 0 Å². The molecule has 0 saturated heterocycles. The van der Waals surface area contributed by atoms with Gasteiger partial charge in [-0.2, -0.15) is 0 Å². The molecular weight excluding hydrogens is 327 g/mol. The molecule has 0 atom stereocenters. The Bertz CT molecular complexity index is 773. The molecule has 25 heavy (non-hydrogen) atoms. The smallest absolute Gasteiger partial charge is 0.337 e. The minimum Gasteiger partial charge on any atom is -0.465 e. The summed E-state index contributed by atoms with van der Waals surface area (Å²) in [5, 5.41) is 2.63. The highest BCUT2D eigenvalue weighted by atomic mass is 19.1. The van der Waals surface area contributed by atoms with E-state index in [-0.39, 0.29) is 12.5 Å². The van der Waals surface area contributed by atoms with Gasteiger partial charge in [0.25, 0.3) is 0 Å². The summed E-state index contributed by atoms with van der Waals surface area (Å²) < 4.78 is 17.6. The molecule has 0 aliphatic carbocycles. The van der Waals surface area contributed by atoms with Crippen LogP contribution in [0.1, 0.15) is 17.3 Å². The molecule has 0 aliphatic heterocycles. The SMILES string of the molecule is COC(=O)c1ccc(NC(=O)CN(C(C)=O)c2ccc(F)cc2)cc1. The lowest BCUT2D eigenvalue weighted by molar-refractivity contribution is -0.120. The number of amides is 2. The maximum atomic E-state index is 13.0. The molecule has 2 rings (SSSR count). The van der Waals surface area contributed by atoms with Gasteiger partial charge in [-0.3, -0.25) is 9.59 Å². The van der Waals surface area contributed by atoms with Gasteiger partial charge in [-0.25, -0.2) is 9.18 Å². The first-order valence-electron chi connectivity index (χ1n) is 7.42. The Labute approximate surface area is 144 Å². The van der Waals surface area contributed by atoms with Gasteiger partial charge in [0.2, 0.25) is 11.8 Å². The minimum absolute atomic E-state index is 0.223. The normalized spacial score (nSPS) is 10.0. The van der Waals surface area contributed by atoms with Gasteiger partial charge in [0.15, 0.2) is 0 Å². The number of rotatable bonds is 5. The molecule has 2 aromatic carbocycles. The van der Waals surface area contributed by atoms with Gasteiger partial charge in [-0.1, -0.05) is 0 Å². The second-order valence-corrected chi connectivity index (χ2v) is 5.20. The number of carbonyl (C=O) groups is 3. The van der Waals surface area contributed by atoms with Crippen LogP contribution in [0.5, 0.6) is 0 Å². The number of carbonyl (C=O) groups excluding carboxylic acids is 3. The molecule has 0 radical (unpaired) electrons.